The highest BCUT2D eigenvalue weighted by Crippen LogP contribution is 2.08. The maximum Gasteiger partial charge on any atom is 0.238 e. The lowest BCUT2D eigenvalue weighted by Gasteiger charge is -2.10. The Hall–Kier alpha value is -1.70. The van der Waals surface area contributed by atoms with Crippen LogP contribution >= 0.6 is 0 Å². The average Bonchev–Trinajstić information content (AvgIpc) is 2.38. The number of sulfonamides is 1. The van der Waals surface area contributed by atoms with Crippen molar-refractivity contribution in [2.45, 2.75) is 23.8 Å². The van der Waals surface area contributed by atoms with Crippen LogP contribution in [0.3, 0.4) is 0 Å². The smallest absolute Gasteiger partial charge is 0.238 e. The fourth-order valence-electron chi connectivity index (χ4n) is 1.59. The second-order valence-electron chi connectivity index (χ2n) is 4.36. The Labute approximate surface area is 118 Å². The number of carbonyl (C=O) groups excluding carboxylic acids is 1. The molecule has 1 amide bonds. The predicted molar refractivity (Wildman–Crippen MR) is 77.3 cm³/mol. The summed E-state index contributed by atoms with van der Waals surface area (Å²) in [5.41, 5.74) is 6.51. The summed E-state index contributed by atoms with van der Waals surface area (Å²) in [6.07, 6.45) is 2.60. The first-order valence-electron chi connectivity index (χ1n) is 6.10. The normalized spacial score (nSPS) is 12.7. The van der Waals surface area contributed by atoms with Gasteiger partial charge in [0.1, 0.15) is 0 Å². The summed E-state index contributed by atoms with van der Waals surface area (Å²) in [7, 11) is -3.67. The van der Waals surface area contributed by atoms with Gasteiger partial charge < -0.3 is 11.1 Å². The summed E-state index contributed by atoms with van der Waals surface area (Å²) in [4.78, 5) is 11.6. The van der Waals surface area contributed by atoms with Crippen LogP contribution in [0.4, 0.5) is 0 Å². The molecular formula is C13H19N3O3S. The molecule has 0 bridgehead atoms. The first-order valence-corrected chi connectivity index (χ1v) is 7.65. The second-order valence-corrected chi connectivity index (χ2v) is 5.92. The van der Waals surface area contributed by atoms with Crippen molar-refractivity contribution in [3.05, 3.63) is 42.5 Å². The fourth-order valence-corrected chi connectivity index (χ4v) is 2.11. The van der Waals surface area contributed by atoms with Gasteiger partial charge in [0.05, 0.1) is 10.9 Å². The Bertz CT molecular complexity index is 567. The van der Waals surface area contributed by atoms with E-state index in [2.05, 4.69) is 11.9 Å². The summed E-state index contributed by atoms with van der Waals surface area (Å²) < 4.78 is 22.2. The largest absolute Gasteiger partial charge is 0.354 e. The van der Waals surface area contributed by atoms with E-state index in [1.54, 1.807) is 18.2 Å². The third-order valence-electron chi connectivity index (χ3n) is 2.72. The Morgan fingerprint density at radius 3 is 2.45 bits per heavy atom. The molecule has 20 heavy (non-hydrogen) atoms. The van der Waals surface area contributed by atoms with Crippen LogP contribution < -0.4 is 16.2 Å². The lowest BCUT2D eigenvalue weighted by atomic mass is 10.1. The van der Waals surface area contributed by atoms with Gasteiger partial charge in [0.15, 0.2) is 0 Å². The highest BCUT2D eigenvalue weighted by Gasteiger charge is 2.10. The zero-order valence-corrected chi connectivity index (χ0v) is 11.9. The standard InChI is InChI=1S/C13H19N3O3S/c1-2-3-12(14)13(17)16-9-8-10-4-6-11(7-5-10)20(15,18)19/h2,4-7,12H,1,3,8-9,14H2,(H,16,17)(H2,15,18,19). The Morgan fingerprint density at radius 1 is 1.35 bits per heavy atom. The Kier molecular flexibility index (Phi) is 5.87. The van der Waals surface area contributed by atoms with E-state index in [9.17, 15) is 13.2 Å². The number of nitrogens with one attached hydrogen (secondary N) is 1. The Balaban J connectivity index is 2.47. The molecule has 6 nitrogen and oxygen atoms in total. The van der Waals surface area contributed by atoms with Crippen LogP contribution in [-0.2, 0) is 21.2 Å². The van der Waals surface area contributed by atoms with Crippen molar-refractivity contribution in [2.75, 3.05) is 6.54 Å². The van der Waals surface area contributed by atoms with Crippen molar-refractivity contribution in [1.29, 1.82) is 0 Å². The van der Waals surface area contributed by atoms with E-state index in [1.165, 1.54) is 12.1 Å². The molecule has 0 fully saturated rings. The minimum atomic E-state index is -3.67. The van der Waals surface area contributed by atoms with Crippen molar-refractivity contribution >= 4 is 15.9 Å². The van der Waals surface area contributed by atoms with E-state index in [1.807, 2.05) is 0 Å². The molecule has 5 N–H and O–H groups in total. The van der Waals surface area contributed by atoms with Gasteiger partial charge in [-0.25, -0.2) is 13.6 Å². The van der Waals surface area contributed by atoms with Gasteiger partial charge in [0.25, 0.3) is 0 Å². The van der Waals surface area contributed by atoms with Crippen LogP contribution in [0.15, 0.2) is 41.8 Å². The first-order chi connectivity index (χ1) is 9.34. The van der Waals surface area contributed by atoms with Crippen molar-refractivity contribution in [3.63, 3.8) is 0 Å². The molecule has 0 saturated carbocycles. The number of rotatable bonds is 7. The maximum atomic E-state index is 11.5. The molecule has 0 heterocycles. The van der Waals surface area contributed by atoms with Gasteiger partial charge >= 0.3 is 0 Å². The quantitative estimate of drug-likeness (QED) is 0.609. The van der Waals surface area contributed by atoms with E-state index < -0.39 is 16.1 Å². The molecule has 1 rings (SSSR count). The summed E-state index contributed by atoms with van der Waals surface area (Å²) >= 11 is 0. The van der Waals surface area contributed by atoms with Gasteiger partial charge in [-0.1, -0.05) is 18.2 Å². The molecule has 110 valence electrons. The molecule has 0 radical (unpaired) electrons. The van der Waals surface area contributed by atoms with Gasteiger partial charge in [-0.05, 0) is 30.5 Å². The molecule has 0 aliphatic carbocycles. The van der Waals surface area contributed by atoms with Gasteiger partial charge in [0, 0.05) is 6.54 Å². The fraction of sp³-hybridized carbons (Fsp3) is 0.308. The van der Waals surface area contributed by atoms with E-state index in [0.717, 1.165) is 5.56 Å². The number of amides is 1. The topological polar surface area (TPSA) is 115 Å². The number of carbonyl (C=O) groups is 1. The van der Waals surface area contributed by atoms with Crippen LogP contribution in [0.1, 0.15) is 12.0 Å². The van der Waals surface area contributed by atoms with Gasteiger partial charge in [-0.2, -0.15) is 0 Å². The van der Waals surface area contributed by atoms with Crippen LogP contribution in [0, 0.1) is 0 Å². The second kappa shape index (κ2) is 7.18. The van der Waals surface area contributed by atoms with E-state index in [-0.39, 0.29) is 10.8 Å². The molecule has 0 aliphatic rings. The SMILES string of the molecule is C=CCC(N)C(=O)NCCc1ccc(S(N)(=O)=O)cc1. The number of primary sulfonamides is 1. The van der Waals surface area contributed by atoms with E-state index >= 15 is 0 Å². The molecule has 1 aromatic carbocycles. The van der Waals surface area contributed by atoms with Crippen molar-refractivity contribution in [1.82, 2.24) is 5.32 Å². The monoisotopic (exact) mass is 297 g/mol. The van der Waals surface area contributed by atoms with Gasteiger partial charge in [0.2, 0.25) is 15.9 Å². The molecular weight excluding hydrogens is 278 g/mol. The third-order valence-corrected chi connectivity index (χ3v) is 3.65. The van der Waals surface area contributed by atoms with Crippen LogP contribution in [0.5, 0.6) is 0 Å². The minimum absolute atomic E-state index is 0.0679. The molecule has 1 unspecified atom stereocenters. The van der Waals surface area contributed by atoms with Crippen molar-refractivity contribution in [3.8, 4) is 0 Å². The zero-order valence-electron chi connectivity index (χ0n) is 11.1. The summed E-state index contributed by atoms with van der Waals surface area (Å²) in [5, 5.41) is 7.71. The lowest BCUT2D eigenvalue weighted by molar-refractivity contribution is -0.122. The molecule has 0 aliphatic heterocycles. The van der Waals surface area contributed by atoms with Crippen LogP contribution in [0.25, 0.3) is 0 Å². The molecule has 1 atom stereocenters. The van der Waals surface area contributed by atoms with Crippen LogP contribution in [0.2, 0.25) is 0 Å². The predicted octanol–water partition coefficient (Wildman–Crippen LogP) is -0.104. The summed E-state index contributed by atoms with van der Waals surface area (Å²) in [6, 6.07) is 5.62. The molecule has 7 heteroatoms. The Morgan fingerprint density at radius 2 is 1.95 bits per heavy atom. The average molecular weight is 297 g/mol. The lowest BCUT2D eigenvalue weighted by Crippen LogP contribution is -2.40. The highest BCUT2D eigenvalue weighted by atomic mass is 32.2. The summed E-state index contributed by atoms with van der Waals surface area (Å²) in [5.74, 6) is -0.231. The van der Waals surface area contributed by atoms with Gasteiger partial charge in [-0.3, -0.25) is 4.79 Å². The van der Waals surface area contributed by atoms with E-state index in [0.29, 0.717) is 19.4 Å². The number of hydrogen-bond acceptors (Lipinski definition) is 4. The third kappa shape index (κ3) is 5.12. The first kappa shape index (κ1) is 16.4. The van der Waals surface area contributed by atoms with Crippen molar-refractivity contribution in [2.24, 2.45) is 10.9 Å². The zero-order chi connectivity index (χ0) is 15.2. The van der Waals surface area contributed by atoms with E-state index in [4.69, 9.17) is 10.9 Å². The maximum absolute atomic E-state index is 11.5. The van der Waals surface area contributed by atoms with Gasteiger partial charge in [-0.15, -0.1) is 6.58 Å². The highest BCUT2D eigenvalue weighted by molar-refractivity contribution is 7.89. The van der Waals surface area contributed by atoms with Crippen molar-refractivity contribution < 1.29 is 13.2 Å². The molecule has 0 aromatic heterocycles. The van der Waals surface area contributed by atoms with Crippen LogP contribution in [-0.4, -0.2) is 26.9 Å². The number of benzene rings is 1. The molecule has 0 saturated heterocycles. The number of nitrogens with two attached hydrogens (primary N) is 2. The molecule has 0 spiro atoms. The molecule has 1 aromatic rings. The minimum Gasteiger partial charge on any atom is -0.354 e. The number of hydrogen-bond donors (Lipinski definition) is 3. The summed E-state index contributed by atoms with van der Waals surface area (Å²) in [6.45, 7) is 3.95.